The molecular formula is C30H29FN4O5. The molecule has 3 heterocycles. The summed E-state index contributed by atoms with van der Waals surface area (Å²) in [7, 11) is 1.44. The Labute approximate surface area is 229 Å². The number of fused-ring (bicyclic) bond motifs is 1. The van der Waals surface area contributed by atoms with Crippen molar-refractivity contribution in [2.45, 2.75) is 40.5 Å². The lowest BCUT2D eigenvalue weighted by atomic mass is 9.99. The van der Waals surface area contributed by atoms with E-state index < -0.39 is 17.2 Å². The van der Waals surface area contributed by atoms with Gasteiger partial charge in [-0.15, -0.1) is 0 Å². The van der Waals surface area contributed by atoms with Crippen molar-refractivity contribution in [3.05, 3.63) is 98.6 Å². The van der Waals surface area contributed by atoms with Crippen molar-refractivity contribution in [1.82, 2.24) is 18.9 Å². The van der Waals surface area contributed by atoms with Crippen LogP contribution in [0.15, 0.2) is 74.7 Å². The molecule has 0 fully saturated rings. The summed E-state index contributed by atoms with van der Waals surface area (Å²) in [6.45, 7) is 5.80. The molecular weight excluding hydrogens is 515 g/mol. The van der Waals surface area contributed by atoms with Gasteiger partial charge in [0.15, 0.2) is 11.4 Å². The Hall–Kier alpha value is -4.73. The van der Waals surface area contributed by atoms with Gasteiger partial charge in [-0.05, 0) is 46.9 Å². The van der Waals surface area contributed by atoms with E-state index in [9.17, 15) is 18.8 Å². The van der Waals surface area contributed by atoms with Crippen LogP contribution in [0.1, 0.15) is 32.1 Å². The predicted octanol–water partition coefficient (Wildman–Crippen LogP) is 4.73. The Bertz CT molecular complexity index is 1830. The fourth-order valence-corrected chi connectivity index (χ4v) is 4.74. The third kappa shape index (κ3) is 5.12. The number of aromatic nitrogens is 4. The average molecular weight is 545 g/mol. The van der Waals surface area contributed by atoms with E-state index in [0.29, 0.717) is 23.8 Å². The standard InChI is InChI=1S/C30H29FN4O5/c1-18(2)15-34-28-26(29(37)33(4)30(34)38)27(25-14-13-23(40-25)17-39-19(3)36)35(32-28)16-21-7-5-6-8-24(21)20-9-11-22(31)12-10-20/h5-14,18H,15-17H2,1-4H3. The second kappa shape index (κ2) is 10.8. The van der Waals surface area contributed by atoms with Crippen LogP contribution in [0, 0.1) is 11.7 Å². The van der Waals surface area contributed by atoms with Crippen molar-refractivity contribution in [2.75, 3.05) is 0 Å². The lowest BCUT2D eigenvalue weighted by Gasteiger charge is -2.12. The maximum absolute atomic E-state index is 13.6. The van der Waals surface area contributed by atoms with Crippen LogP contribution in [0.2, 0.25) is 0 Å². The van der Waals surface area contributed by atoms with Gasteiger partial charge >= 0.3 is 11.7 Å². The number of nitrogens with zero attached hydrogens (tertiary/aromatic N) is 4. The minimum atomic E-state index is -0.494. The van der Waals surface area contributed by atoms with Gasteiger partial charge in [-0.25, -0.2) is 9.18 Å². The van der Waals surface area contributed by atoms with Crippen LogP contribution in [0.4, 0.5) is 4.39 Å². The molecule has 0 radical (unpaired) electrons. The van der Waals surface area contributed by atoms with Crippen molar-refractivity contribution >= 4 is 17.0 Å². The van der Waals surface area contributed by atoms with Crippen molar-refractivity contribution in [2.24, 2.45) is 13.0 Å². The summed E-state index contributed by atoms with van der Waals surface area (Å²) in [5, 5.41) is 5.04. The summed E-state index contributed by atoms with van der Waals surface area (Å²) in [4.78, 5) is 38.0. The molecule has 2 aromatic carbocycles. The summed E-state index contributed by atoms with van der Waals surface area (Å²) < 4.78 is 29.0. The van der Waals surface area contributed by atoms with Gasteiger partial charge in [0.2, 0.25) is 0 Å². The maximum Gasteiger partial charge on any atom is 0.332 e. The van der Waals surface area contributed by atoms with Gasteiger partial charge in [0, 0.05) is 20.5 Å². The summed E-state index contributed by atoms with van der Waals surface area (Å²) in [6.07, 6.45) is 0. The van der Waals surface area contributed by atoms with E-state index in [-0.39, 0.29) is 35.9 Å². The summed E-state index contributed by atoms with van der Waals surface area (Å²) in [5.74, 6) is 0.0756. The molecule has 5 rings (SSSR count). The van der Waals surface area contributed by atoms with Crippen LogP contribution < -0.4 is 11.2 Å². The number of carbonyl (C=O) groups excluding carboxylic acids is 1. The van der Waals surface area contributed by atoms with Crippen LogP contribution in [-0.2, 0) is 36.3 Å². The Morgan fingerprint density at radius 2 is 1.77 bits per heavy atom. The maximum atomic E-state index is 13.6. The molecule has 0 atom stereocenters. The van der Waals surface area contributed by atoms with E-state index in [0.717, 1.165) is 21.3 Å². The van der Waals surface area contributed by atoms with Gasteiger partial charge in [-0.1, -0.05) is 50.2 Å². The third-order valence-electron chi connectivity index (χ3n) is 6.58. The number of ether oxygens (including phenoxy) is 1. The van der Waals surface area contributed by atoms with Gasteiger partial charge in [0.25, 0.3) is 5.56 Å². The number of hydrogen-bond donors (Lipinski definition) is 0. The summed E-state index contributed by atoms with van der Waals surface area (Å²) in [5.41, 5.74) is 2.27. The van der Waals surface area contributed by atoms with E-state index >= 15 is 0 Å². The molecule has 0 bridgehead atoms. The first-order chi connectivity index (χ1) is 19.1. The zero-order valence-electron chi connectivity index (χ0n) is 22.7. The van der Waals surface area contributed by atoms with Gasteiger partial charge in [0.1, 0.15) is 29.3 Å². The SMILES string of the molecule is CC(=O)OCc1ccc(-c2c3c(=O)n(C)c(=O)n(CC(C)C)c3nn2Cc2ccccc2-c2ccc(F)cc2)o1. The monoisotopic (exact) mass is 544 g/mol. The summed E-state index contributed by atoms with van der Waals surface area (Å²) >= 11 is 0. The second-order valence-electron chi connectivity index (χ2n) is 10.1. The molecule has 40 heavy (non-hydrogen) atoms. The van der Waals surface area contributed by atoms with Crippen molar-refractivity contribution in [3.8, 4) is 22.6 Å². The van der Waals surface area contributed by atoms with E-state index in [1.54, 1.807) is 28.9 Å². The Morgan fingerprint density at radius 1 is 1.05 bits per heavy atom. The normalized spacial score (nSPS) is 11.4. The molecule has 0 aliphatic heterocycles. The molecule has 0 saturated carbocycles. The average Bonchev–Trinajstić information content (AvgIpc) is 3.54. The van der Waals surface area contributed by atoms with Crippen LogP contribution in [0.5, 0.6) is 0 Å². The minimum Gasteiger partial charge on any atom is -0.458 e. The van der Waals surface area contributed by atoms with Crippen LogP contribution in [0.25, 0.3) is 33.6 Å². The van der Waals surface area contributed by atoms with Crippen molar-refractivity contribution in [3.63, 3.8) is 0 Å². The molecule has 10 heteroatoms. The zero-order chi connectivity index (χ0) is 28.6. The largest absolute Gasteiger partial charge is 0.458 e. The van der Waals surface area contributed by atoms with Crippen LogP contribution >= 0.6 is 0 Å². The highest BCUT2D eigenvalue weighted by Crippen LogP contribution is 2.31. The quantitative estimate of drug-likeness (QED) is 0.262. The highest BCUT2D eigenvalue weighted by atomic mass is 19.1. The molecule has 0 N–H and O–H groups in total. The highest BCUT2D eigenvalue weighted by molar-refractivity contribution is 5.89. The molecule has 0 saturated heterocycles. The number of benzene rings is 2. The van der Waals surface area contributed by atoms with Gasteiger partial charge in [0.05, 0.1) is 6.54 Å². The molecule has 0 amide bonds. The number of halogens is 1. The summed E-state index contributed by atoms with van der Waals surface area (Å²) in [6, 6.07) is 17.2. The number of hydrogen-bond acceptors (Lipinski definition) is 6. The predicted molar refractivity (Wildman–Crippen MR) is 148 cm³/mol. The van der Waals surface area contributed by atoms with E-state index in [1.807, 2.05) is 38.1 Å². The Morgan fingerprint density at radius 3 is 2.48 bits per heavy atom. The number of carbonyl (C=O) groups is 1. The van der Waals surface area contributed by atoms with Crippen LogP contribution in [0.3, 0.4) is 0 Å². The first-order valence-corrected chi connectivity index (χ1v) is 12.9. The molecule has 0 aliphatic carbocycles. The van der Waals surface area contributed by atoms with Crippen LogP contribution in [-0.4, -0.2) is 24.9 Å². The smallest absolute Gasteiger partial charge is 0.332 e. The fraction of sp³-hybridized carbons (Fsp3) is 0.267. The number of esters is 1. The van der Waals surface area contributed by atoms with E-state index in [1.165, 1.54) is 30.7 Å². The fourth-order valence-electron chi connectivity index (χ4n) is 4.74. The molecule has 3 aromatic heterocycles. The minimum absolute atomic E-state index is 0.0646. The third-order valence-corrected chi connectivity index (χ3v) is 6.58. The van der Waals surface area contributed by atoms with E-state index in [2.05, 4.69) is 0 Å². The lowest BCUT2D eigenvalue weighted by Crippen LogP contribution is -2.38. The van der Waals surface area contributed by atoms with Gasteiger partial charge < -0.3 is 9.15 Å². The molecule has 0 aliphatic rings. The number of furan rings is 1. The molecule has 206 valence electrons. The highest BCUT2D eigenvalue weighted by Gasteiger charge is 2.25. The van der Waals surface area contributed by atoms with Gasteiger partial charge in [-0.2, -0.15) is 5.10 Å². The molecule has 5 aromatic rings. The van der Waals surface area contributed by atoms with Gasteiger partial charge in [-0.3, -0.25) is 23.4 Å². The zero-order valence-corrected chi connectivity index (χ0v) is 22.7. The first-order valence-electron chi connectivity index (χ1n) is 12.9. The van der Waals surface area contributed by atoms with Crippen molar-refractivity contribution in [1.29, 1.82) is 0 Å². The second-order valence-corrected chi connectivity index (χ2v) is 10.1. The lowest BCUT2D eigenvalue weighted by molar-refractivity contribution is -0.142. The van der Waals surface area contributed by atoms with E-state index in [4.69, 9.17) is 14.3 Å². The Kier molecular flexibility index (Phi) is 7.25. The molecule has 9 nitrogen and oxygen atoms in total. The molecule has 0 unspecified atom stereocenters. The topological polar surface area (TPSA) is 101 Å². The first kappa shape index (κ1) is 26.9. The number of rotatable bonds is 8. The Balaban J connectivity index is 1.74. The molecule has 0 spiro atoms. The van der Waals surface area contributed by atoms with Crippen molar-refractivity contribution < 1.29 is 18.3 Å².